The standard InChI is InChI=1S/C19H16O/c1-14-7-11-17(12-8-14)19(20)18(13-15-9-10-15)16-5-3-2-4-6-16/h2-8,11-12H,9-10H2,1H3. The first-order valence-electron chi connectivity index (χ1n) is 6.89. The van der Waals surface area contributed by atoms with Gasteiger partial charge in [0.25, 0.3) is 0 Å². The van der Waals surface area contributed by atoms with Crippen LogP contribution in [0.5, 0.6) is 0 Å². The summed E-state index contributed by atoms with van der Waals surface area (Å²) in [6.07, 6.45) is 2.13. The molecule has 2 aromatic rings. The second-order valence-electron chi connectivity index (χ2n) is 5.16. The molecule has 1 fully saturated rings. The molecule has 0 atom stereocenters. The van der Waals surface area contributed by atoms with Crippen LogP contribution in [-0.2, 0) is 0 Å². The Hall–Kier alpha value is -2.37. The lowest BCUT2D eigenvalue weighted by atomic mass is 9.97. The highest BCUT2D eigenvalue weighted by atomic mass is 16.1. The van der Waals surface area contributed by atoms with E-state index in [9.17, 15) is 4.79 Å². The summed E-state index contributed by atoms with van der Waals surface area (Å²) in [6, 6.07) is 17.5. The van der Waals surface area contributed by atoms with Gasteiger partial charge >= 0.3 is 0 Å². The Morgan fingerprint density at radius 3 is 2.15 bits per heavy atom. The quantitative estimate of drug-likeness (QED) is 0.448. The fraction of sp³-hybridized carbons (Fsp3) is 0.158. The molecule has 1 aliphatic rings. The first kappa shape index (κ1) is 12.7. The molecular formula is C19H16O. The van der Waals surface area contributed by atoms with Crippen molar-refractivity contribution in [3.8, 4) is 0 Å². The lowest BCUT2D eigenvalue weighted by Gasteiger charge is -2.05. The van der Waals surface area contributed by atoms with Crippen LogP contribution in [0.2, 0.25) is 0 Å². The summed E-state index contributed by atoms with van der Waals surface area (Å²) in [6.45, 7) is 2.02. The van der Waals surface area contributed by atoms with Gasteiger partial charge in [-0.3, -0.25) is 4.79 Å². The molecule has 0 bridgehead atoms. The van der Waals surface area contributed by atoms with E-state index in [2.05, 4.69) is 5.73 Å². The van der Waals surface area contributed by atoms with Crippen molar-refractivity contribution < 1.29 is 4.79 Å². The van der Waals surface area contributed by atoms with Crippen LogP contribution in [0.25, 0.3) is 5.57 Å². The summed E-state index contributed by atoms with van der Waals surface area (Å²) in [5.41, 5.74) is 8.05. The third-order valence-corrected chi connectivity index (χ3v) is 3.41. The Kier molecular flexibility index (Phi) is 3.37. The normalized spacial score (nSPS) is 12.8. The molecule has 0 aliphatic heterocycles. The number of allylic oxidation sites excluding steroid dienone is 1. The number of aryl methyl sites for hydroxylation is 1. The molecule has 0 unspecified atom stereocenters. The maximum absolute atomic E-state index is 12.7. The van der Waals surface area contributed by atoms with E-state index in [1.807, 2.05) is 61.5 Å². The first-order valence-corrected chi connectivity index (χ1v) is 6.89. The number of carbonyl (C=O) groups is 1. The number of Topliss-reactive ketones (excluding diaryl/α,β-unsaturated/α-hetero) is 1. The summed E-state index contributed by atoms with van der Waals surface area (Å²) in [7, 11) is 0. The number of rotatable bonds is 3. The molecule has 1 nitrogen and oxygen atoms in total. The van der Waals surface area contributed by atoms with Crippen LogP contribution in [-0.4, -0.2) is 5.78 Å². The molecule has 0 radical (unpaired) electrons. The Morgan fingerprint density at radius 1 is 0.900 bits per heavy atom. The van der Waals surface area contributed by atoms with Crippen molar-refractivity contribution in [1.82, 2.24) is 0 Å². The molecule has 0 spiro atoms. The van der Waals surface area contributed by atoms with E-state index >= 15 is 0 Å². The molecule has 0 aromatic heterocycles. The van der Waals surface area contributed by atoms with Crippen molar-refractivity contribution in [2.45, 2.75) is 19.8 Å². The molecule has 1 heteroatoms. The van der Waals surface area contributed by atoms with E-state index < -0.39 is 0 Å². The zero-order valence-electron chi connectivity index (χ0n) is 11.5. The van der Waals surface area contributed by atoms with Crippen LogP contribution in [0.15, 0.2) is 65.9 Å². The van der Waals surface area contributed by atoms with Crippen LogP contribution in [0.3, 0.4) is 0 Å². The number of carbonyl (C=O) groups excluding carboxylic acids is 1. The van der Waals surface area contributed by atoms with Gasteiger partial charge in [-0.25, -0.2) is 0 Å². The van der Waals surface area contributed by atoms with Gasteiger partial charge in [0.05, 0.1) is 5.57 Å². The summed E-state index contributed by atoms with van der Waals surface area (Å²) in [5.74, 6) is 0.0515. The van der Waals surface area contributed by atoms with Gasteiger partial charge in [-0.1, -0.05) is 60.2 Å². The van der Waals surface area contributed by atoms with Crippen LogP contribution in [0, 0.1) is 6.92 Å². The van der Waals surface area contributed by atoms with E-state index in [4.69, 9.17) is 0 Å². The molecule has 0 saturated heterocycles. The highest BCUT2D eigenvalue weighted by molar-refractivity contribution is 6.28. The third-order valence-electron chi connectivity index (χ3n) is 3.41. The summed E-state index contributed by atoms with van der Waals surface area (Å²) < 4.78 is 0. The summed E-state index contributed by atoms with van der Waals surface area (Å²) >= 11 is 0. The monoisotopic (exact) mass is 260 g/mol. The largest absolute Gasteiger partial charge is 0.288 e. The van der Waals surface area contributed by atoms with Crippen LogP contribution in [0.4, 0.5) is 0 Å². The van der Waals surface area contributed by atoms with Gasteiger partial charge < -0.3 is 0 Å². The van der Waals surface area contributed by atoms with E-state index in [1.54, 1.807) is 0 Å². The Bertz CT molecular complexity index is 693. The minimum Gasteiger partial charge on any atom is -0.288 e. The van der Waals surface area contributed by atoms with Crippen molar-refractivity contribution >= 4 is 11.4 Å². The van der Waals surface area contributed by atoms with Crippen LogP contribution in [0.1, 0.15) is 34.3 Å². The van der Waals surface area contributed by atoms with Crippen molar-refractivity contribution in [2.24, 2.45) is 0 Å². The molecule has 98 valence electrons. The minimum atomic E-state index is 0.0515. The highest BCUT2D eigenvalue weighted by Crippen LogP contribution is 2.29. The molecule has 20 heavy (non-hydrogen) atoms. The van der Waals surface area contributed by atoms with Gasteiger partial charge in [-0.2, -0.15) is 0 Å². The van der Waals surface area contributed by atoms with Crippen molar-refractivity contribution in [2.75, 3.05) is 0 Å². The molecular weight excluding hydrogens is 244 g/mol. The molecule has 0 heterocycles. The second-order valence-corrected chi connectivity index (χ2v) is 5.16. The van der Waals surface area contributed by atoms with Gasteiger partial charge in [0.2, 0.25) is 5.78 Å². The van der Waals surface area contributed by atoms with E-state index in [0.29, 0.717) is 5.57 Å². The summed E-state index contributed by atoms with van der Waals surface area (Å²) in [4.78, 5) is 12.7. The number of benzene rings is 2. The zero-order valence-corrected chi connectivity index (χ0v) is 11.5. The smallest absolute Gasteiger partial charge is 0.201 e. The Labute approximate surface area is 119 Å². The fourth-order valence-corrected chi connectivity index (χ4v) is 2.08. The molecule has 0 amide bonds. The van der Waals surface area contributed by atoms with Gasteiger partial charge in [0, 0.05) is 5.56 Å². The summed E-state index contributed by atoms with van der Waals surface area (Å²) in [5, 5.41) is 0. The Morgan fingerprint density at radius 2 is 1.55 bits per heavy atom. The third kappa shape index (κ3) is 2.79. The predicted octanol–water partition coefficient (Wildman–Crippen LogP) is 4.58. The maximum Gasteiger partial charge on any atom is 0.201 e. The van der Waals surface area contributed by atoms with Crippen LogP contribution >= 0.6 is 0 Å². The van der Waals surface area contributed by atoms with Gasteiger partial charge in [-0.15, -0.1) is 5.73 Å². The fourth-order valence-electron chi connectivity index (χ4n) is 2.08. The topological polar surface area (TPSA) is 17.1 Å². The molecule has 1 aliphatic carbocycles. The molecule has 0 N–H and O–H groups in total. The van der Waals surface area contributed by atoms with E-state index in [0.717, 1.165) is 29.5 Å². The number of hydrogen-bond donors (Lipinski definition) is 0. The second kappa shape index (κ2) is 5.32. The number of ketones is 1. The average molecular weight is 260 g/mol. The maximum atomic E-state index is 12.7. The number of hydrogen-bond acceptors (Lipinski definition) is 1. The molecule has 1 saturated carbocycles. The van der Waals surface area contributed by atoms with Gasteiger partial charge in [-0.05, 0) is 30.9 Å². The van der Waals surface area contributed by atoms with Crippen molar-refractivity contribution in [3.63, 3.8) is 0 Å². The zero-order chi connectivity index (χ0) is 13.9. The Balaban J connectivity index is 2.05. The van der Waals surface area contributed by atoms with Gasteiger partial charge in [0.1, 0.15) is 0 Å². The molecule has 2 aromatic carbocycles. The predicted molar refractivity (Wildman–Crippen MR) is 81.6 cm³/mol. The van der Waals surface area contributed by atoms with E-state index in [1.165, 1.54) is 5.57 Å². The average Bonchev–Trinajstić information content (AvgIpc) is 3.30. The minimum absolute atomic E-state index is 0.0515. The lowest BCUT2D eigenvalue weighted by molar-refractivity contribution is 0.105. The van der Waals surface area contributed by atoms with Crippen molar-refractivity contribution in [3.05, 3.63) is 82.6 Å². The highest BCUT2D eigenvalue weighted by Gasteiger charge is 2.17. The SMILES string of the molecule is Cc1ccc(C(=O)C(=C=C2CC2)c2ccccc2)cc1. The van der Waals surface area contributed by atoms with E-state index in [-0.39, 0.29) is 5.78 Å². The molecule has 3 rings (SSSR count). The lowest BCUT2D eigenvalue weighted by Crippen LogP contribution is -2.02. The van der Waals surface area contributed by atoms with Crippen LogP contribution < -0.4 is 0 Å². The van der Waals surface area contributed by atoms with Crippen molar-refractivity contribution in [1.29, 1.82) is 0 Å². The first-order chi connectivity index (χ1) is 9.74. The van der Waals surface area contributed by atoms with Gasteiger partial charge in [0.15, 0.2) is 0 Å².